The van der Waals surface area contributed by atoms with Crippen molar-refractivity contribution in [3.63, 3.8) is 0 Å². The predicted octanol–water partition coefficient (Wildman–Crippen LogP) is 1.92. The van der Waals surface area contributed by atoms with Gasteiger partial charge in [-0.15, -0.1) is 0 Å². The number of fused-ring (bicyclic) bond motifs is 2. The van der Waals surface area contributed by atoms with Crippen LogP contribution in [0.3, 0.4) is 0 Å². The molecule has 4 rings (SSSR count). The second kappa shape index (κ2) is 3.72. The van der Waals surface area contributed by atoms with Crippen LogP contribution in [0.15, 0.2) is 0 Å². The highest BCUT2D eigenvalue weighted by molar-refractivity contribution is 5.84. The topological polar surface area (TPSA) is 32.3 Å². The van der Waals surface area contributed by atoms with Crippen molar-refractivity contribution >= 4 is 5.91 Å². The van der Waals surface area contributed by atoms with Gasteiger partial charge in [0.2, 0.25) is 5.91 Å². The van der Waals surface area contributed by atoms with Gasteiger partial charge in [0.25, 0.3) is 0 Å². The van der Waals surface area contributed by atoms with Gasteiger partial charge in [-0.2, -0.15) is 0 Å². The van der Waals surface area contributed by atoms with E-state index < -0.39 is 0 Å². The molecule has 0 aromatic heterocycles. The van der Waals surface area contributed by atoms with Crippen molar-refractivity contribution in [2.45, 2.75) is 56.9 Å². The van der Waals surface area contributed by atoms with Gasteiger partial charge in [-0.05, 0) is 64.0 Å². The maximum atomic E-state index is 12.7. The second-order valence-electron chi connectivity index (χ2n) is 7.15. The van der Waals surface area contributed by atoms with Crippen molar-refractivity contribution in [3.8, 4) is 0 Å². The number of hydrogen-bond acceptors (Lipinski definition) is 2. The van der Waals surface area contributed by atoms with Crippen LogP contribution in [0.1, 0.15) is 51.4 Å². The Labute approximate surface area is 109 Å². The number of carbonyl (C=O) groups is 1. The van der Waals surface area contributed by atoms with Crippen LogP contribution in [0, 0.1) is 11.3 Å². The first-order chi connectivity index (χ1) is 8.73. The number of piperidine rings is 1. The Kier molecular flexibility index (Phi) is 2.33. The lowest BCUT2D eigenvalue weighted by atomic mass is 9.60. The third kappa shape index (κ3) is 1.43. The largest absolute Gasteiger partial charge is 0.350 e. The molecule has 2 heterocycles. The van der Waals surface area contributed by atoms with E-state index in [4.69, 9.17) is 0 Å². The van der Waals surface area contributed by atoms with Gasteiger partial charge in [-0.3, -0.25) is 4.79 Å². The number of carbonyl (C=O) groups excluding carboxylic acids is 1. The van der Waals surface area contributed by atoms with Crippen LogP contribution in [0.2, 0.25) is 0 Å². The Bertz CT molecular complexity index is 363. The van der Waals surface area contributed by atoms with Crippen molar-refractivity contribution in [1.82, 2.24) is 10.2 Å². The second-order valence-corrected chi connectivity index (χ2v) is 7.15. The molecular weight excluding hydrogens is 224 g/mol. The third-order valence-corrected chi connectivity index (χ3v) is 6.32. The molecule has 4 fully saturated rings. The van der Waals surface area contributed by atoms with Gasteiger partial charge in [-0.1, -0.05) is 6.42 Å². The molecule has 18 heavy (non-hydrogen) atoms. The van der Waals surface area contributed by atoms with E-state index in [2.05, 4.69) is 10.2 Å². The van der Waals surface area contributed by atoms with Crippen LogP contribution < -0.4 is 5.32 Å². The van der Waals surface area contributed by atoms with Crippen molar-refractivity contribution in [3.05, 3.63) is 0 Å². The molecule has 3 heteroatoms. The quantitative estimate of drug-likeness (QED) is 0.827. The van der Waals surface area contributed by atoms with Gasteiger partial charge >= 0.3 is 0 Å². The lowest BCUT2D eigenvalue weighted by molar-refractivity contribution is -0.135. The fraction of sp³-hybridized carbons (Fsp3) is 0.933. The highest BCUT2D eigenvalue weighted by Gasteiger charge is 2.53. The number of hydrogen-bond donors (Lipinski definition) is 1. The van der Waals surface area contributed by atoms with E-state index in [0.717, 1.165) is 38.4 Å². The van der Waals surface area contributed by atoms with Gasteiger partial charge in [0.15, 0.2) is 0 Å². The Morgan fingerprint density at radius 3 is 2.17 bits per heavy atom. The molecule has 3 nitrogen and oxygen atoms in total. The minimum absolute atomic E-state index is 0.00760. The number of nitrogens with zero attached hydrogens (tertiary/aromatic N) is 1. The van der Waals surface area contributed by atoms with E-state index in [-0.39, 0.29) is 11.0 Å². The van der Waals surface area contributed by atoms with Crippen molar-refractivity contribution in [2.24, 2.45) is 11.3 Å². The Hall–Kier alpha value is -0.570. The first-order valence-corrected chi connectivity index (χ1v) is 7.78. The number of rotatable bonds is 3. The summed E-state index contributed by atoms with van der Waals surface area (Å²) < 4.78 is 0. The molecule has 0 aromatic carbocycles. The summed E-state index contributed by atoms with van der Waals surface area (Å²) >= 11 is 0. The van der Waals surface area contributed by atoms with Crippen LogP contribution in [0.25, 0.3) is 0 Å². The van der Waals surface area contributed by atoms with Crippen LogP contribution in [-0.4, -0.2) is 36.0 Å². The molecule has 0 unspecified atom stereocenters. The third-order valence-electron chi connectivity index (χ3n) is 6.32. The van der Waals surface area contributed by atoms with Crippen LogP contribution in [0.4, 0.5) is 0 Å². The highest BCUT2D eigenvalue weighted by atomic mass is 16.2. The molecule has 4 aliphatic rings. The van der Waals surface area contributed by atoms with E-state index in [1.54, 1.807) is 0 Å². The van der Waals surface area contributed by atoms with E-state index in [1.807, 2.05) is 0 Å². The minimum atomic E-state index is -0.00760. The Morgan fingerprint density at radius 1 is 1.06 bits per heavy atom. The lowest BCUT2D eigenvalue weighted by Crippen LogP contribution is -2.62. The molecule has 100 valence electrons. The molecule has 0 radical (unpaired) electrons. The zero-order valence-electron chi connectivity index (χ0n) is 11.2. The summed E-state index contributed by atoms with van der Waals surface area (Å²) in [5.74, 6) is 1.19. The van der Waals surface area contributed by atoms with E-state index >= 15 is 0 Å². The smallest absolute Gasteiger partial charge is 0.228 e. The summed E-state index contributed by atoms with van der Waals surface area (Å²) in [5, 5.41) is 3.53. The molecule has 2 aliphatic carbocycles. The van der Waals surface area contributed by atoms with E-state index in [1.165, 1.54) is 38.5 Å². The standard InChI is InChI=1S/C15H24N2O/c18-13(14-7-9-17(11-14)10-8-14)16-15(5-2-6-15)12-3-1-4-12/h12H,1-11H2,(H,16,18). The summed E-state index contributed by atoms with van der Waals surface area (Å²) in [6.45, 7) is 3.31. The van der Waals surface area contributed by atoms with Gasteiger partial charge in [0.05, 0.1) is 5.41 Å². The molecule has 0 atom stereocenters. The van der Waals surface area contributed by atoms with Gasteiger partial charge in [0.1, 0.15) is 0 Å². The van der Waals surface area contributed by atoms with Gasteiger partial charge < -0.3 is 10.2 Å². The molecule has 2 saturated carbocycles. The predicted molar refractivity (Wildman–Crippen MR) is 70.2 cm³/mol. The molecule has 1 N–H and O–H groups in total. The summed E-state index contributed by atoms with van der Waals surface area (Å²) in [5.41, 5.74) is 0.215. The molecule has 2 saturated heterocycles. The Balaban J connectivity index is 1.48. The molecule has 0 spiro atoms. The van der Waals surface area contributed by atoms with Gasteiger partial charge in [-0.25, -0.2) is 0 Å². The first-order valence-electron chi connectivity index (χ1n) is 7.78. The van der Waals surface area contributed by atoms with E-state index in [9.17, 15) is 4.79 Å². The molecule has 0 aromatic rings. The van der Waals surface area contributed by atoms with Crippen molar-refractivity contribution in [2.75, 3.05) is 19.6 Å². The maximum absolute atomic E-state index is 12.7. The average molecular weight is 248 g/mol. The summed E-state index contributed by atoms with van der Waals surface area (Å²) in [7, 11) is 0. The average Bonchev–Trinajstić information content (AvgIpc) is 2.84. The fourth-order valence-electron chi connectivity index (χ4n) is 4.54. The number of amides is 1. The summed E-state index contributed by atoms with van der Waals surface area (Å²) in [6, 6.07) is 0. The van der Waals surface area contributed by atoms with Crippen LogP contribution in [-0.2, 0) is 4.79 Å². The van der Waals surface area contributed by atoms with E-state index in [0.29, 0.717) is 5.91 Å². The highest BCUT2D eigenvalue weighted by Crippen LogP contribution is 2.49. The summed E-state index contributed by atoms with van der Waals surface area (Å²) in [4.78, 5) is 15.2. The molecule has 1 amide bonds. The molecular formula is C15H24N2O. The van der Waals surface area contributed by atoms with Gasteiger partial charge in [0, 0.05) is 12.1 Å². The zero-order valence-corrected chi connectivity index (χ0v) is 11.2. The zero-order chi connectivity index (χ0) is 12.2. The minimum Gasteiger partial charge on any atom is -0.350 e. The van der Waals surface area contributed by atoms with Crippen LogP contribution in [0.5, 0.6) is 0 Å². The van der Waals surface area contributed by atoms with Crippen molar-refractivity contribution in [1.29, 1.82) is 0 Å². The normalized spacial score (nSPS) is 41.2. The monoisotopic (exact) mass is 248 g/mol. The van der Waals surface area contributed by atoms with Crippen LogP contribution >= 0.6 is 0 Å². The lowest BCUT2D eigenvalue weighted by Gasteiger charge is -2.53. The SMILES string of the molecule is O=C(NC1(C2CCC2)CCC1)C12CCN(CC1)C2. The maximum Gasteiger partial charge on any atom is 0.228 e. The Morgan fingerprint density at radius 2 is 1.78 bits per heavy atom. The van der Waals surface area contributed by atoms with Crippen molar-refractivity contribution < 1.29 is 4.79 Å². The number of nitrogens with one attached hydrogen (secondary N) is 1. The molecule has 2 aliphatic heterocycles. The fourth-order valence-corrected chi connectivity index (χ4v) is 4.54. The molecule has 2 bridgehead atoms. The first kappa shape index (κ1) is 11.3. The summed E-state index contributed by atoms with van der Waals surface area (Å²) in [6.07, 6.45) is 10.1.